The summed E-state index contributed by atoms with van der Waals surface area (Å²) in [5.74, 6) is 0. The average Bonchev–Trinajstić information content (AvgIpc) is 3.64. The van der Waals surface area contributed by atoms with E-state index >= 15 is 0 Å². The average molecular weight is 587 g/mol. The molecule has 0 aliphatic rings. The van der Waals surface area contributed by atoms with Gasteiger partial charge in [-0.15, -0.1) is 0 Å². The van der Waals surface area contributed by atoms with Crippen molar-refractivity contribution in [3.05, 3.63) is 170 Å². The second kappa shape index (κ2) is 10.4. The molecule has 0 atom stereocenters. The Hall–Kier alpha value is -5.92. The van der Waals surface area contributed by atoms with Gasteiger partial charge in [0, 0.05) is 10.8 Å². The van der Waals surface area contributed by atoms with E-state index in [9.17, 15) is 2.74 Å². The lowest BCUT2D eigenvalue weighted by molar-refractivity contribution is 0.669. The lowest BCUT2D eigenvalue weighted by Gasteiger charge is -2.18. The molecule has 210 valence electrons. The Labute approximate surface area is 281 Å². The highest BCUT2D eigenvalue weighted by Crippen LogP contribution is 2.48. The summed E-state index contributed by atoms with van der Waals surface area (Å²) in [6.07, 6.45) is 0. The monoisotopic (exact) mass is 586 g/mol. The summed E-state index contributed by atoms with van der Waals surface area (Å²) in [7, 11) is 0. The Bertz CT molecular complexity index is 3190. The molecule has 0 aliphatic heterocycles. The van der Waals surface area contributed by atoms with Gasteiger partial charge >= 0.3 is 0 Å². The highest BCUT2D eigenvalue weighted by molar-refractivity contribution is 6.26. The lowest BCUT2D eigenvalue weighted by Crippen LogP contribution is -1.91. The van der Waals surface area contributed by atoms with E-state index in [4.69, 9.17) is 20.9 Å². The zero-order valence-electron chi connectivity index (χ0n) is 37.5. The molecule has 0 bridgehead atoms. The van der Waals surface area contributed by atoms with Crippen LogP contribution in [0.25, 0.3) is 88.0 Å². The van der Waals surface area contributed by atoms with Gasteiger partial charge in [-0.2, -0.15) is 0 Å². The van der Waals surface area contributed by atoms with E-state index in [1.54, 1.807) is 36.4 Å². The van der Waals surface area contributed by atoms with Crippen LogP contribution in [0.15, 0.2) is 174 Å². The molecule has 45 heavy (non-hydrogen) atoms. The van der Waals surface area contributed by atoms with E-state index in [2.05, 4.69) is 0 Å². The molecule has 0 saturated heterocycles. The summed E-state index contributed by atoms with van der Waals surface area (Å²) in [5.41, 5.74) is 2.29. The van der Waals surface area contributed by atoms with Gasteiger partial charge in [-0.25, -0.2) is 0 Å². The minimum atomic E-state index is -0.657. The predicted molar refractivity (Wildman–Crippen MR) is 190 cm³/mol. The quantitative estimate of drug-likeness (QED) is 0.187. The third kappa shape index (κ3) is 4.09. The van der Waals surface area contributed by atoms with Crippen molar-refractivity contribution in [2.24, 2.45) is 0 Å². The van der Waals surface area contributed by atoms with Crippen LogP contribution in [0.3, 0.4) is 0 Å². The van der Waals surface area contributed by atoms with Crippen molar-refractivity contribution in [3.63, 3.8) is 0 Å². The second-order valence-corrected chi connectivity index (χ2v) is 10.6. The summed E-state index contributed by atoms with van der Waals surface area (Å²) in [4.78, 5) is 0. The van der Waals surface area contributed by atoms with E-state index in [0.717, 1.165) is 5.56 Å². The molecule has 0 fully saturated rings. The van der Waals surface area contributed by atoms with Crippen LogP contribution in [0.2, 0.25) is 0 Å². The minimum Gasteiger partial charge on any atom is -0.456 e. The van der Waals surface area contributed by atoms with Gasteiger partial charge in [0.2, 0.25) is 0 Å². The Balaban J connectivity index is 1.39. The number of hydrogen-bond donors (Lipinski definition) is 0. The van der Waals surface area contributed by atoms with Gasteiger partial charge < -0.3 is 4.42 Å². The van der Waals surface area contributed by atoms with Crippen molar-refractivity contribution in [3.8, 4) is 44.5 Å². The topological polar surface area (TPSA) is 13.1 Å². The summed E-state index contributed by atoms with van der Waals surface area (Å²) in [6.45, 7) is 0. The van der Waals surface area contributed by atoms with E-state index in [-0.39, 0.29) is 23.2 Å². The molecule has 0 amide bonds. The summed E-state index contributed by atoms with van der Waals surface area (Å²) in [5, 5.41) is 3.67. The van der Waals surface area contributed by atoms with Crippen LogP contribution in [0.1, 0.15) is 19.2 Å². The van der Waals surface area contributed by atoms with Crippen LogP contribution < -0.4 is 0 Å². The maximum Gasteiger partial charge on any atom is 0.136 e. The van der Waals surface area contributed by atoms with Gasteiger partial charge in [0.1, 0.15) is 11.2 Å². The molecular formula is C44H28O. The maximum absolute atomic E-state index is 9.35. The Morgan fingerprint density at radius 1 is 0.356 bits per heavy atom. The van der Waals surface area contributed by atoms with E-state index < -0.39 is 83.6 Å². The SMILES string of the molecule is [2H]c1c([2H])c([2H])c(-c2c([2H])c([2H])c(-c3c4ccccc4c(-c4cccc5oc6cccc(-c7c([2H])c([2H])c([2H])c([2H])c7[2H])c6c45)c4ccccc34)c([2H])c2[2H])c([2H])c1[2H]. The van der Waals surface area contributed by atoms with Gasteiger partial charge in [-0.05, 0) is 78.2 Å². The number of benzene rings is 8. The van der Waals surface area contributed by atoms with Crippen LogP contribution in [-0.2, 0) is 0 Å². The molecule has 8 aromatic carbocycles. The van der Waals surface area contributed by atoms with Crippen LogP contribution in [0, 0.1) is 0 Å². The van der Waals surface area contributed by atoms with E-state index in [1.807, 2.05) is 48.5 Å². The molecular weight excluding hydrogens is 544 g/mol. The number of hydrogen-bond acceptors (Lipinski definition) is 1. The lowest BCUT2D eigenvalue weighted by atomic mass is 9.84. The maximum atomic E-state index is 9.35. The molecule has 0 saturated carbocycles. The van der Waals surface area contributed by atoms with Gasteiger partial charge in [-0.1, -0.05) is 157 Å². The fourth-order valence-corrected chi connectivity index (χ4v) is 6.29. The van der Waals surface area contributed by atoms with E-state index in [0.29, 0.717) is 60.2 Å². The minimum absolute atomic E-state index is 0.0274. The van der Waals surface area contributed by atoms with Crippen molar-refractivity contribution in [1.82, 2.24) is 0 Å². The normalized spacial score (nSPS) is 15.9. The second-order valence-electron chi connectivity index (χ2n) is 10.6. The first kappa shape index (κ1) is 15.2. The van der Waals surface area contributed by atoms with Crippen molar-refractivity contribution in [2.75, 3.05) is 0 Å². The first-order chi connectivity index (χ1) is 28.2. The molecule has 0 N–H and O–H groups in total. The van der Waals surface area contributed by atoms with Gasteiger partial charge in [0.15, 0.2) is 0 Å². The molecule has 0 aliphatic carbocycles. The summed E-state index contributed by atoms with van der Waals surface area (Å²) >= 11 is 0. The first-order valence-corrected chi connectivity index (χ1v) is 14.3. The van der Waals surface area contributed by atoms with Crippen LogP contribution in [0.5, 0.6) is 0 Å². The standard InChI is InChI=1S/C44H28O/c1-3-13-29(14-4-1)30-25-27-32(28-26-30)41-34-17-7-9-19-36(34)42(37-20-10-8-18-35(37)41)38-22-12-24-40-44(38)43-33(21-11-23-39(43)45-40)31-15-5-2-6-16-31/h1-28H/i1D,2D,3D,4D,5D,6D,13D,14D,15D,16D,25D,26D,27D,28D. The molecule has 1 heterocycles. The van der Waals surface area contributed by atoms with Crippen LogP contribution >= 0.6 is 0 Å². The number of fused-ring (bicyclic) bond motifs is 5. The third-order valence-electron chi connectivity index (χ3n) is 8.12. The molecule has 9 aromatic rings. The van der Waals surface area contributed by atoms with Crippen molar-refractivity contribution >= 4 is 43.5 Å². The van der Waals surface area contributed by atoms with Gasteiger partial charge in [0.25, 0.3) is 0 Å². The molecule has 1 nitrogen and oxygen atoms in total. The molecule has 1 heteroatoms. The molecule has 0 unspecified atom stereocenters. The van der Waals surface area contributed by atoms with Gasteiger partial charge in [-0.3, -0.25) is 0 Å². The zero-order valence-corrected chi connectivity index (χ0v) is 23.5. The summed E-state index contributed by atoms with van der Waals surface area (Å²) < 4.78 is 128. The third-order valence-corrected chi connectivity index (χ3v) is 8.12. The number of furan rings is 1. The Morgan fingerprint density at radius 2 is 0.800 bits per heavy atom. The zero-order chi connectivity index (χ0) is 41.9. The predicted octanol–water partition coefficient (Wildman–Crippen LogP) is 12.6. The fourth-order valence-electron chi connectivity index (χ4n) is 6.29. The summed E-state index contributed by atoms with van der Waals surface area (Å²) in [6, 6.07) is 18.0. The molecule has 0 spiro atoms. The largest absolute Gasteiger partial charge is 0.456 e. The highest BCUT2D eigenvalue weighted by atomic mass is 16.3. The fraction of sp³-hybridized carbons (Fsp3) is 0. The Kier molecular flexibility index (Phi) is 3.50. The smallest absolute Gasteiger partial charge is 0.136 e. The number of rotatable bonds is 4. The van der Waals surface area contributed by atoms with Crippen molar-refractivity contribution in [1.29, 1.82) is 0 Å². The molecule has 9 rings (SSSR count). The molecule has 1 aromatic heterocycles. The van der Waals surface area contributed by atoms with Crippen molar-refractivity contribution < 1.29 is 23.6 Å². The van der Waals surface area contributed by atoms with Crippen molar-refractivity contribution in [2.45, 2.75) is 0 Å². The molecule has 0 radical (unpaired) electrons. The first-order valence-electron chi connectivity index (χ1n) is 21.3. The van der Waals surface area contributed by atoms with Crippen LogP contribution in [0.4, 0.5) is 0 Å². The van der Waals surface area contributed by atoms with E-state index in [1.165, 1.54) is 0 Å². The van der Waals surface area contributed by atoms with Gasteiger partial charge in [0.05, 0.1) is 19.2 Å². The Morgan fingerprint density at radius 3 is 1.38 bits per heavy atom. The highest BCUT2D eigenvalue weighted by Gasteiger charge is 2.21. The van der Waals surface area contributed by atoms with Crippen LogP contribution in [-0.4, -0.2) is 0 Å².